The molecule has 2 N–H and O–H groups in total. The Bertz CT molecular complexity index is 312. The van der Waals surface area contributed by atoms with Crippen LogP contribution in [0.25, 0.3) is 0 Å². The molecule has 0 atom stereocenters. The van der Waals surface area contributed by atoms with Crippen LogP contribution < -0.4 is 5.73 Å². The van der Waals surface area contributed by atoms with Crippen molar-refractivity contribution in [3.63, 3.8) is 0 Å². The van der Waals surface area contributed by atoms with Crippen molar-refractivity contribution in [1.29, 1.82) is 0 Å². The molecule has 0 aliphatic carbocycles. The maximum Gasteiger partial charge on any atom is 0.137 e. The highest BCUT2D eigenvalue weighted by Gasteiger charge is 2.02. The third-order valence-corrected chi connectivity index (χ3v) is 2.44. The van der Waals surface area contributed by atoms with Crippen molar-refractivity contribution in [2.75, 3.05) is 6.54 Å². The quantitative estimate of drug-likeness (QED) is 0.878. The fourth-order valence-corrected chi connectivity index (χ4v) is 1.71. The zero-order chi connectivity index (χ0) is 10.4. The lowest BCUT2D eigenvalue weighted by Crippen LogP contribution is -2.06. The zero-order valence-corrected chi connectivity index (χ0v) is 9.59. The van der Waals surface area contributed by atoms with E-state index in [2.05, 4.69) is 15.9 Å². The number of halogens is 1. The molecule has 0 radical (unpaired) electrons. The molecule has 76 valence electrons. The number of nitrogens with two attached hydrogens (primary N) is 1. The van der Waals surface area contributed by atoms with Gasteiger partial charge in [-0.25, -0.2) is 0 Å². The van der Waals surface area contributed by atoms with Gasteiger partial charge >= 0.3 is 0 Å². The van der Waals surface area contributed by atoms with E-state index >= 15 is 0 Å². The molecule has 0 heterocycles. The van der Waals surface area contributed by atoms with Gasteiger partial charge in [0.15, 0.2) is 0 Å². The van der Waals surface area contributed by atoms with E-state index in [1.165, 1.54) is 0 Å². The van der Waals surface area contributed by atoms with Gasteiger partial charge in [-0.3, -0.25) is 4.79 Å². The number of benzene rings is 1. The first-order valence-electron chi connectivity index (χ1n) is 4.68. The summed E-state index contributed by atoms with van der Waals surface area (Å²) in [6.45, 7) is 0.588. The number of hydrogen-bond donors (Lipinski definition) is 1. The van der Waals surface area contributed by atoms with Crippen LogP contribution in [0.2, 0.25) is 0 Å². The average molecular weight is 256 g/mol. The normalized spacial score (nSPS) is 10.1. The Morgan fingerprint density at radius 2 is 2.21 bits per heavy atom. The molecule has 1 aromatic carbocycles. The summed E-state index contributed by atoms with van der Waals surface area (Å²) in [6, 6.07) is 7.83. The van der Waals surface area contributed by atoms with Crippen molar-refractivity contribution >= 4 is 21.7 Å². The topological polar surface area (TPSA) is 43.1 Å². The predicted octanol–water partition coefficient (Wildman–Crippen LogP) is 2.30. The summed E-state index contributed by atoms with van der Waals surface area (Å²) in [7, 11) is 0. The van der Waals surface area contributed by atoms with Crippen molar-refractivity contribution in [1.82, 2.24) is 0 Å². The summed E-state index contributed by atoms with van der Waals surface area (Å²) < 4.78 is 1.02. The number of ketones is 1. The maximum atomic E-state index is 11.4. The van der Waals surface area contributed by atoms with Crippen LogP contribution >= 0.6 is 15.9 Å². The molecule has 1 rings (SSSR count). The van der Waals surface area contributed by atoms with E-state index in [1.54, 1.807) is 0 Å². The molecule has 0 aliphatic heterocycles. The molecule has 0 fully saturated rings. The molecule has 0 saturated carbocycles. The second-order valence-corrected chi connectivity index (χ2v) is 4.15. The predicted molar refractivity (Wildman–Crippen MR) is 61.1 cm³/mol. The second-order valence-electron chi connectivity index (χ2n) is 3.24. The smallest absolute Gasteiger partial charge is 0.137 e. The Kier molecular flexibility index (Phi) is 4.84. The Hall–Kier alpha value is -0.670. The first-order chi connectivity index (χ1) is 6.72. The molecule has 0 aliphatic rings. The fraction of sp³-hybridized carbons (Fsp3) is 0.364. The molecule has 14 heavy (non-hydrogen) atoms. The molecule has 0 bridgehead atoms. The van der Waals surface area contributed by atoms with Gasteiger partial charge in [-0.2, -0.15) is 0 Å². The third kappa shape index (κ3) is 4.03. The van der Waals surface area contributed by atoms with Gasteiger partial charge in [0.25, 0.3) is 0 Å². The molecule has 3 heteroatoms. The number of hydrogen-bond acceptors (Lipinski definition) is 2. The zero-order valence-electron chi connectivity index (χ0n) is 8.00. The van der Waals surface area contributed by atoms with Gasteiger partial charge in [0.2, 0.25) is 0 Å². The minimum absolute atomic E-state index is 0.258. The van der Waals surface area contributed by atoms with E-state index < -0.39 is 0 Å². The SMILES string of the molecule is NCCCC(=O)Cc1cccc(Br)c1. The van der Waals surface area contributed by atoms with Crippen molar-refractivity contribution in [2.24, 2.45) is 5.73 Å². The highest BCUT2D eigenvalue weighted by atomic mass is 79.9. The van der Waals surface area contributed by atoms with Crippen LogP contribution in [0.1, 0.15) is 18.4 Å². The molecule has 1 aromatic rings. The molecule has 0 aromatic heterocycles. The highest BCUT2D eigenvalue weighted by Crippen LogP contribution is 2.12. The minimum atomic E-state index is 0.258. The Morgan fingerprint density at radius 1 is 1.43 bits per heavy atom. The lowest BCUT2D eigenvalue weighted by Gasteiger charge is -2.00. The van der Waals surface area contributed by atoms with Crippen molar-refractivity contribution < 1.29 is 4.79 Å². The monoisotopic (exact) mass is 255 g/mol. The van der Waals surface area contributed by atoms with Crippen LogP contribution in [-0.4, -0.2) is 12.3 Å². The van der Waals surface area contributed by atoms with Crippen molar-refractivity contribution in [3.05, 3.63) is 34.3 Å². The van der Waals surface area contributed by atoms with E-state index in [0.29, 0.717) is 19.4 Å². The third-order valence-electron chi connectivity index (χ3n) is 1.95. The van der Waals surface area contributed by atoms with E-state index in [4.69, 9.17) is 5.73 Å². The van der Waals surface area contributed by atoms with Crippen LogP contribution in [0.3, 0.4) is 0 Å². The van der Waals surface area contributed by atoms with E-state index in [0.717, 1.165) is 16.5 Å². The van der Waals surface area contributed by atoms with E-state index in [9.17, 15) is 4.79 Å². The van der Waals surface area contributed by atoms with Gasteiger partial charge in [0.05, 0.1) is 0 Å². The number of carbonyl (C=O) groups is 1. The summed E-state index contributed by atoms with van der Waals surface area (Å²) in [5.41, 5.74) is 6.39. The Balaban J connectivity index is 2.47. The minimum Gasteiger partial charge on any atom is -0.330 e. The van der Waals surface area contributed by atoms with Gasteiger partial charge in [-0.05, 0) is 30.7 Å². The van der Waals surface area contributed by atoms with Crippen LogP contribution in [0, 0.1) is 0 Å². The summed E-state index contributed by atoms with van der Waals surface area (Å²) in [5, 5.41) is 0. The summed E-state index contributed by atoms with van der Waals surface area (Å²) in [5.74, 6) is 0.258. The summed E-state index contributed by atoms with van der Waals surface area (Å²) in [6.07, 6.45) is 1.88. The first-order valence-corrected chi connectivity index (χ1v) is 5.48. The van der Waals surface area contributed by atoms with Crippen LogP contribution in [0.5, 0.6) is 0 Å². The Morgan fingerprint density at radius 3 is 2.86 bits per heavy atom. The number of carbonyl (C=O) groups excluding carboxylic acids is 1. The molecule has 0 unspecified atom stereocenters. The summed E-state index contributed by atoms with van der Waals surface area (Å²) >= 11 is 3.37. The van der Waals surface area contributed by atoms with Gasteiger partial charge in [-0.1, -0.05) is 28.1 Å². The standard InChI is InChI=1S/C11H14BrNO/c12-10-4-1-3-9(7-10)8-11(14)5-2-6-13/h1,3-4,7H,2,5-6,8,13H2. The molecule has 0 saturated heterocycles. The number of rotatable bonds is 5. The second kappa shape index (κ2) is 5.94. The maximum absolute atomic E-state index is 11.4. The van der Waals surface area contributed by atoms with Crippen LogP contribution in [-0.2, 0) is 11.2 Å². The van der Waals surface area contributed by atoms with Gasteiger partial charge in [0.1, 0.15) is 5.78 Å². The van der Waals surface area contributed by atoms with Gasteiger partial charge in [0, 0.05) is 17.3 Å². The average Bonchev–Trinajstić information content (AvgIpc) is 2.15. The van der Waals surface area contributed by atoms with E-state index in [1.807, 2.05) is 24.3 Å². The van der Waals surface area contributed by atoms with Crippen LogP contribution in [0.4, 0.5) is 0 Å². The molecular weight excluding hydrogens is 242 g/mol. The highest BCUT2D eigenvalue weighted by molar-refractivity contribution is 9.10. The van der Waals surface area contributed by atoms with E-state index in [-0.39, 0.29) is 5.78 Å². The molecular formula is C11H14BrNO. The molecule has 0 amide bonds. The molecule has 0 spiro atoms. The van der Waals surface area contributed by atoms with Crippen molar-refractivity contribution in [3.8, 4) is 0 Å². The lowest BCUT2D eigenvalue weighted by atomic mass is 10.1. The van der Waals surface area contributed by atoms with Crippen LogP contribution in [0.15, 0.2) is 28.7 Å². The van der Waals surface area contributed by atoms with Gasteiger partial charge < -0.3 is 5.73 Å². The fourth-order valence-electron chi connectivity index (χ4n) is 1.26. The Labute approximate surface area is 92.6 Å². The largest absolute Gasteiger partial charge is 0.330 e. The first kappa shape index (κ1) is 11.4. The number of Topliss-reactive ketones (excluding diaryl/α,β-unsaturated/α-hetero) is 1. The van der Waals surface area contributed by atoms with Gasteiger partial charge in [-0.15, -0.1) is 0 Å². The summed E-state index contributed by atoms with van der Waals surface area (Å²) in [4.78, 5) is 11.4. The molecule has 2 nitrogen and oxygen atoms in total. The lowest BCUT2D eigenvalue weighted by molar-refractivity contribution is -0.118. The van der Waals surface area contributed by atoms with Crippen molar-refractivity contribution in [2.45, 2.75) is 19.3 Å².